The fraction of sp³-hybridized carbons (Fsp3) is 0.278. The number of aromatic nitrogens is 1. The van der Waals surface area contributed by atoms with E-state index in [0.717, 1.165) is 30.5 Å². The van der Waals surface area contributed by atoms with Gasteiger partial charge in [0, 0.05) is 25.8 Å². The van der Waals surface area contributed by atoms with Gasteiger partial charge in [-0.3, -0.25) is 4.90 Å². The smallest absolute Gasteiger partial charge is 0.228 e. The summed E-state index contributed by atoms with van der Waals surface area (Å²) in [6, 6.07) is 14.4. The molecule has 0 saturated carbocycles. The van der Waals surface area contributed by atoms with Crippen molar-refractivity contribution in [3.63, 3.8) is 0 Å². The topological polar surface area (TPSA) is 25.4 Å². The van der Waals surface area contributed by atoms with E-state index in [-0.39, 0.29) is 0 Å². The van der Waals surface area contributed by atoms with Crippen LogP contribution in [0.25, 0.3) is 0 Å². The second kappa shape index (κ2) is 7.56. The molecule has 3 nitrogen and oxygen atoms in total. The SMILES string of the molecule is Brc1cccnc1OCC1=CCN(Cc2ccccc2)CC1. The van der Waals surface area contributed by atoms with E-state index in [1.165, 1.54) is 11.1 Å². The molecule has 0 aliphatic carbocycles. The van der Waals surface area contributed by atoms with Crippen molar-refractivity contribution in [2.24, 2.45) is 0 Å². The summed E-state index contributed by atoms with van der Waals surface area (Å²) in [5.41, 5.74) is 2.72. The summed E-state index contributed by atoms with van der Waals surface area (Å²) >= 11 is 3.45. The monoisotopic (exact) mass is 358 g/mol. The summed E-state index contributed by atoms with van der Waals surface area (Å²) in [5.74, 6) is 0.662. The Morgan fingerprint density at radius 2 is 2.00 bits per heavy atom. The first kappa shape index (κ1) is 15.3. The van der Waals surface area contributed by atoms with Crippen molar-refractivity contribution < 1.29 is 4.74 Å². The van der Waals surface area contributed by atoms with E-state index < -0.39 is 0 Å². The average molecular weight is 359 g/mol. The Labute approximate surface area is 139 Å². The van der Waals surface area contributed by atoms with Gasteiger partial charge in [0.25, 0.3) is 0 Å². The van der Waals surface area contributed by atoms with E-state index in [0.29, 0.717) is 12.5 Å². The number of rotatable bonds is 5. The van der Waals surface area contributed by atoms with Crippen LogP contribution in [0.2, 0.25) is 0 Å². The lowest BCUT2D eigenvalue weighted by molar-refractivity contribution is 0.267. The van der Waals surface area contributed by atoms with Crippen LogP contribution >= 0.6 is 15.9 Å². The lowest BCUT2D eigenvalue weighted by Gasteiger charge is -2.26. The van der Waals surface area contributed by atoms with E-state index in [2.05, 4.69) is 62.2 Å². The Kier molecular flexibility index (Phi) is 5.24. The van der Waals surface area contributed by atoms with Crippen LogP contribution in [0.1, 0.15) is 12.0 Å². The number of ether oxygens (including phenoxy) is 1. The van der Waals surface area contributed by atoms with E-state index in [9.17, 15) is 0 Å². The van der Waals surface area contributed by atoms with Crippen LogP contribution in [0.5, 0.6) is 5.88 Å². The Morgan fingerprint density at radius 3 is 2.73 bits per heavy atom. The van der Waals surface area contributed by atoms with Crippen LogP contribution < -0.4 is 4.74 Å². The lowest BCUT2D eigenvalue weighted by atomic mass is 10.1. The number of hydrogen-bond donors (Lipinski definition) is 0. The van der Waals surface area contributed by atoms with Crippen LogP contribution in [0.4, 0.5) is 0 Å². The van der Waals surface area contributed by atoms with Crippen LogP contribution in [-0.4, -0.2) is 29.6 Å². The maximum absolute atomic E-state index is 5.78. The fourth-order valence-corrected chi connectivity index (χ4v) is 2.88. The van der Waals surface area contributed by atoms with Crippen LogP contribution in [0.3, 0.4) is 0 Å². The third-order valence-electron chi connectivity index (χ3n) is 3.76. The number of halogens is 1. The van der Waals surface area contributed by atoms with E-state index >= 15 is 0 Å². The minimum absolute atomic E-state index is 0.620. The lowest BCUT2D eigenvalue weighted by Crippen LogP contribution is -2.29. The molecule has 1 aromatic heterocycles. The first-order valence-corrected chi connectivity index (χ1v) is 8.28. The van der Waals surface area contributed by atoms with Gasteiger partial charge in [-0.1, -0.05) is 36.4 Å². The van der Waals surface area contributed by atoms with Crippen molar-refractivity contribution in [1.82, 2.24) is 9.88 Å². The quantitative estimate of drug-likeness (QED) is 0.753. The van der Waals surface area contributed by atoms with Gasteiger partial charge >= 0.3 is 0 Å². The number of hydrogen-bond acceptors (Lipinski definition) is 3. The van der Waals surface area contributed by atoms with Crippen molar-refractivity contribution in [3.8, 4) is 5.88 Å². The molecule has 1 aliphatic rings. The Bertz CT molecular complexity index is 643. The highest BCUT2D eigenvalue weighted by Gasteiger charge is 2.13. The second-order valence-electron chi connectivity index (χ2n) is 5.41. The fourth-order valence-electron chi connectivity index (χ4n) is 2.51. The molecule has 0 fully saturated rings. The predicted molar refractivity (Wildman–Crippen MR) is 91.9 cm³/mol. The summed E-state index contributed by atoms with van der Waals surface area (Å²) in [7, 11) is 0. The number of benzene rings is 1. The van der Waals surface area contributed by atoms with Gasteiger partial charge in [0.05, 0.1) is 4.47 Å². The van der Waals surface area contributed by atoms with Crippen molar-refractivity contribution >= 4 is 15.9 Å². The molecule has 0 unspecified atom stereocenters. The van der Waals surface area contributed by atoms with Crippen LogP contribution in [-0.2, 0) is 6.54 Å². The molecule has 3 rings (SSSR count). The molecule has 0 N–H and O–H groups in total. The van der Waals surface area contributed by atoms with Crippen molar-refractivity contribution in [3.05, 3.63) is 70.3 Å². The first-order chi connectivity index (χ1) is 10.8. The van der Waals surface area contributed by atoms with E-state index in [1.807, 2.05) is 12.1 Å². The third-order valence-corrected chi connectivity index (χ3v) is 4.36. The van der Waals surface area contributed by atoms with Crippen molar-refractivity contribution in [2.45, 2.75) is 13.0 Å². The van der Waals surface area contributed by atoms with Gasteiger partial charge in [-0.2, -0.15) is 0 Å². The third kappa shape index (κ3) is 4.18. The molecule has 114 valence electrons. The van der Waals surface area contributed by atoms with Crippen molar-refractivity contribution in [2.75, 3.05) is 19.7 Å². The molecule has 1 aromatic carbocycles. The maximum Gasteiger partial charge on any atom is 0.228 e. The van der Waals surface area contributed by atoms with Gasteiger partial charge in [0.1, 0.15) is 6.61 Å². The summed E-state index contributed by atoms with van der Waals surface area (Å²) < 4.78 is 6.69. The molecule has 4 heteroatoms. The molecular formula is C18H19BrN2O. The molecule has 1 aliphatic heterocycles. The van der Waals surface area contributed by atoms with E-state index in [4.69, 9.17) is 4.74 Å². The molecular weight excluding hydrogens is 340 g/mol. The van der Waals surface area contributed by atoms with Crippen LogP contribution in [0.15, 0.2) is 64.8 Å². The normalized spacial score (nSPS) is 15.4. The molecule has 2 aromatic rings. The van der Waals surface area contributed by atoms with Gasteiger partial charge < -0.3 is 4.74 Å². The molecule has 0 atom stereocenters. The molecule has 0 saturated heterocycles. The highest BCUT2D eigenvalue weighted by Crippen LogP contribution is 2.22. The zero-order valence-corrected chi connectivity index (χ0v) is 14.0. The van der Waals surface area contributed by atoms with Gasteiger partial charge in [-0.15, -0.1) is 0 Å². The molecule has 22 heavy (non-hydrogen) atoms. The Morgan fingerprint density at radius 1 is 1.14 bits per heavy atom. The van der Waals surface area contributed by atoms with E-state index in [1.54, 1.807) is 6.20 Å². The van der Waals surface area contributed by atoms with Gasteiger partial charge in [0.15, 0.2) is 0 Å². The second-order valence-corrected chi connectivity index (χ2v) is 6.27. The van der Waals surface area contributed by atoms with Crippen LogP contribution in [0, 0.1) is 0 Å². The minimum Gasteiger partial charge on any atom is -0.472 e. The largest absolute Gasteiger partial charge is 0.472 e. The first-order valence-electron chi connectivity index (χ1n) is 7.49. The number of nitrogens with zero attached hydrogens (tertiary/aromatic N) is 2. The average Bonchev–Trinajstić information content (AvgIpc) is 2.56. The Hall–Kier alpha value is -1.65. The maximum atomic E-state index is 5.78. The zero-order valence-electron chi connectivity index (χ0n) is 12.4. The van der Waals surface area contributed by atoms with Gasteiger partial charge in [-0.05, 0) is 45.6 Å². The molecule has 0 amide bonds. The molecule has 0 spiro atoms. The Balaban J connectivity index is 1.50. The molecule has 2 heterocycles. The zero-order chi connectivity index (χ0) is 15.2. The molecule has 0 bridgehead atoms. The summed E-state index contributed by atoms with van der Waals surface area (Å²) in [6.45, 7) is 3.69. The summed E-state index contributed by atoms with van der Waals surface area (Å²) in [4.78, 5) is 6.68. The standard InChI is InChI=1S/C18H19BrN2O/c19-17-7-4-10-20-18(17)22-14-16-8-11-21(12-9-16)13-15-5-2-1-3-6-15/h1-8,10H,9,11-14H2. The van der Waals surface area contributed by atoms with Gasteiger partial charge in [0.2, 0.25) is 5.88 Å². The molecule has 0 radical (unpaired) electrons. The van der Waals surface area contributed by atoms with Gasteiger partial charge in [-0.25, -0.2) is 4.98 Å². The summed E-state index contributed by atoms with van der Waals surface area (Å²) in [5, 5.41) is 0. The van der Waals surface area contributed by atoms with Crippen molar-refractivity contribution in [1.29, 1.82) is 0 Å². The highest BCUT2D eigenvalue weighted by atomic mass is 79.9. The summed E-state index contributed by atoms with van der Waals surface area (Å²) in [6.07, 6.45) is 5.08. The number of pyridine rings is 1. The minimum atomic E-state index is 0.620. The predicted octanol–water partition coefficient (Wildman–Crippen LogP) is 4.06. The highest BCUT2D eigenvalue weighted by molar-refractivity contribution is 9.10.